The van der Waals surface area contributed by atoms with Gasteiger partial charge in [0, 0.05) is 0 Å². The molecule has 0 aliphatic carbocycles. The Morgan fingerprint density at radius 3 is 2.52 bits per heavy atom. The molecule has 1 amide bonds. The molecule has 1 aromatic carbocycles. The summed E-state index contributed by atoms with van der Waals surface area (Å²) in [7, 11) is 0. The van der Waals surface area contributed by atoms with Crippen molar-refractivity contribution in [1.82, 2.24) is 0 Å². The fourth-order valence-corrected chi connectivity index (χ4v) is 2.00. The van der Waals surface area contributed by atoms with Crippen LogP contribution < -0.4 is 5.32 Å². The van der Waals surface area contributed by atoms with Crippen molar-refractivity contribution in [3.63, 3.8) is 0 Å². The molecule has 12 heteroatoms. The van der Waals surface area contributed by atoms with Crippen LogP contribution in [0.2, 0.25) is 5.02 Å². The molecule has 1 aromatic heterocycles. The molecule has 2 aromatic rings. The third kappa shape index (κ3) is 4.97. The fourth-order valence-electron chi connectivity index (χ4n) is 1.84. The second-order valence-corrected chi connectivity index (χ2v) is 5.53. The van der Waals surface area contributed by atoms with E-state index < -0.39 is 46.3 Å². The third-order valence-electron chi connectivity index (χ3n) is 3.18. The molecule has 8 nitrogen and oxygen atoms in total. The topological polar surface area (TPSA) is 112 Å². The van der Waals surface area contributed by atoms with Crippen molar-refractivity contribution in [2.24, 2.45) is 0 Å². The Kier molecular flexibility index (Phi) is 5.74. The summed E-state index contributed by atoms with van der Waals surface area (Å²) >= 11 is 5.76. The van der Waals surface area contributed by atoms with E-state index in [9.17, 15) is 32.9 Å². The van der Waals surface area contributed by atoms with Gasteiger partial charge in [-0.1, -0.05) is 11.6 Å². The first-order valence-corrected chi connectivity index (χ1v) is 7.49. The van der Waals surface area contributed by atoms with E-state index in [4.69, 9.17) is 16.3 Å². The second kappa shape index (κ2) is 7.66. The molecule has 2 rings (SSSR count). The minimum atomic E-state index is -4.64. The van der Waals surface area contributed by atoms with Gasteiger partial charge in [-0.3, -0.25) is 14.9 Å². The van der Waals surface area contributed by atoms with Crippen LogP contribution in [0.3, 0.4) is 0 Å². The third-order valence-corrected chi connectivity index (χ3v) is 3.51. The number of nitrogens with zero attached hydrogens (tertiary/aromatic N) is 1. The van der Waals surface area contributed by atoms with Crippen molar-refractivity contribution in [3.8, 4) is 0 Å². The van der Waals surface area contributed by atoms with Crippen LogP contribution in [-0.2, 0) is 15.7 Å². The van der Waals surface area contributed by atoms with Crippen molar-refractivity contribution < 1.29 is 36.8 Å². The minimum absolute atomic E-state index is 0.156. The molecule has 144 valence electrons. The van der Waals surface area contributed by atoms with Gasteiger partial charge in [0.1, 0.15) is 4.92 Å². The first-order valence-electron chi connectivity index (χ1n) is 7.12. The lowest BCUT2D eigenvalue weighted by atomic mass is 10.2. The monoisotopic (exact) mass is 406 g/mol. The lowest BCUT2D eigenvalue weighted by Crippen LogP contribution is -2.30. The first kappa shape index (κ1) is 20.2. The van der Waals surface area contributed by atoms with E-state index in [0.717, 1.165) is 31.2 Å². The van der Waals surface area contributed by atoms with Crippen molar-refractivity contribution in [3.05, 3.63) is 56.8 Å². The summed E-state index contributed by atoms with van der Waals surface area (Å²) in [5.41, 5.74) is -1.36. The Hall–Kier alpha value is -3.08. The van der Waals surface area contributed by atoms with E-state index in [-0.39, 0.29) is 10.7 Å². The second-order valence-electron chi connectivity index (χ2n) is 5.12. The van der Waals surface area contributed by atoms with E-state index in [0.29, 0.717) is 6.07 Å². The molecule has 27 heavy (non-hydrogen) atoms. The van der Waals surface area contributed by atoms with Crippen LogP contribution in [0.4, 0.5) is 24.7 Å². The quantitative estimate of drug-likeness (QED) is 0.455. The van der Waals surface area contributed by atoms with Crippen LogP contribution in [0, 0.1) is 10.1 Å². The number of halogens is 4. The van der Waals surface area contributed by atoms with E-state index >= 15 is 0 Å². The fraction of sp³-hybridized carbons (Fsp3) is 0.200. The van der Waals surface area contributed by atoms with Crippen LogP contribution in [0.1, 0.15) is 23.0 Å². The van der Waals surface area contributed by atoms with Gasteiger partial charge in [-0.25, -0.2) is 4.79 Å². The van der Waals surface area contributed by atoms with Crippen molar-refractivity contribution >= 4 is 35.0 Å². The van der Waals surface area contributed by atoms with Crippen molar-refractivity contribution in [2.45, 2.75) is 19.2 Å². The normalized spacial score (nSPS) is 12.3. The summed E-state index contributed by atoms with van der Waals surface area (Å²) in [5.74, 6) is -3.35. The van der Waals surface area contributed by atoms with Crippen LogP contribution in [0.5, 0.6) is 0 Å². The number of furan rings is 1. The van der Waals surface area contributed by atoms with Crippen LogP contribution in [0.15, 0.2) is 34.7 Å². The maximum atomic E-state index is 12.7. The van der Waals surface area contributed by atoms with Crippen molar-refractivity contribution in [1.29, 1.82) is 0 Å². The number of anilines is 1. The summed E-state index contributed by atoms with van der Waals surface area (Å²) < 4.78 is 47.6. The van der Waals surface area contributed by atoms with E-state index in [1.54, 1.807) is 0 Å². The number of benzene rings is 1. The Labute approximate surface area is 154 Å². The summed E-state index contributed by atoms with van der Waals surface area (Å²) in [6.07, 6.45) is -6.09. The molecule has 0 aliphatic rings. The minimum Gasteiger partial charge on any atom is -0.447 e. The molecule has 0 radical (unpaired) electrons. The standard InChI is InChI=1S/C15H10ClF3N2O6/c1-7(26-14(23)11-4-5-12(27-11)21(24)25)13(22)20-10-6-8(15(17,18)19)2-3-9(10)16/h2-7H,1H3,(H,20,22)/t7-/m1/s1. The zero-order chi connectivity index (χ0) is 20.4. The lowest BCUT2D eigenvalue weighted by Gasteiger charge is -2.15. The van der Waals surface area contributed by atoms with Gasteiger partial charge in [0.2, 0.25) is 5.76 Å². The molecular formula is C15H10ClF3N2O6. The van der Waals surface area contributed by atoms with Gasteiger partial charge in [-0.2, -0.15) is 13.2 Å². The Morgan fingerprint density at radius 1 is 1.30 bits per heavy atom. The number of alkyl halides is 3. The lowest BCUT2D eigenvalue weighted by molar-refractivity contribution is -0.402. The van der Waals surface area contributed by atoms with Crippen LogP contribution in [-0.4, -0.2) is 22.9 Å². The van der Waals surface area contributed by atoms with E-state index in [1.807, 2.05) is 0 Å². The van der Waals surface area contributed by atoms with Crippen molar-refractivity contribution in [2.75, 3.05) is 5.32 Å². The summed E-state index contributed by atoms with van der Waals surface area (Å²) in [4.78, 5) is 33.5. The Balaban J connectivity index is 2.07. The summed E-state index contributed by atoms with van der Waals surface area (Å²) in [6, 6.07) is 4.23. The number of amides is 1. The van der Waals surface area contributed by atoms with Gasteiger partial charge < -0.3 is 14.5 Å². The number of carbonyl (C=O) groups excluding carboxylic acids is 2. The predicted octanol–water partition coefficient (Wildman–Crippen LogP) is 4.04. The van der Waals surface area contributed by atoms with Crippen LogP contribution in [0.25, 0.3) is 0 Å². The zero-order valence-electron chi connectivity index (χ0n) is 13.4. The molecular weight excluding hydrogens is 397 g/mol. The number of esters is 1. The molecule has 0 saturated heterocycles. The van der Waals surface area contributed by atoms with Gasteiger partial charge in [0.05, 0.1) is 22.3 Å². The first-order chi connectivity index (χ1) is 12.5. The highest BCUT2D eigenvalue weighted by Crippen LogP contribution is 2.33. The number of carbonyl (C=O) groups is 2. The van der Waals surface area contributed by atoms with Gasteiger partial charge in [0.25, 0.3) is 5.91 Å². The molecule has 1 heterocycles. The largest absolute Gasteiger partial charge is 0.447 e. The number of nitrogens with one attached hydrogen (secondary N) is 1. The van der Waals surface area contributed by atoms with Crippen LogP contribution >= 0.6 is 11.6 Å². The molecule has 0 aliphatic heterocycles. The number of rotatable bonds is 5. The Bertz CT molecular complexity index is 896. The number of ether oxygens (including phenoxy) is 1. The van der Waals surface area contributed by atoms with Gasteiger partial charge in [0.15, 0.2) is 6.10 Å². The molecule has 0 spiro atoms. The summed E-state index contributed by atoms with van der Waals surface area (Å²) in [6.45, 7) is 1.14. The molecule has 0 unspecified atom stereocenters. The maximum Gasteiger partial charge on any atom is 0.433 e. The number of nitro groups is 1. The predicted molar refractivity (Wildman–Crippen MR) is 85.3 cm³/mol. The smallest absolute Gasteiger partial charge is 0.433 e. The highest BCUT2D eigenvalue weighted by atomic mass is 35.5. The highest BCUT2D eigenvalue weighted by molar-refractivity contribution is 6.33. The molecule has 1 atom stereocenters. The SMILES string of the molecule is C[C@@H](OC(=O)c1ccc([N+](=O)[O-])o1)C(=O)Nc1cc(C(F)(F)F)ccc1Cl. The summed E-state index contributed by atoms with van der Waals surface area (Å²) in [5, 5.41) is 12.5. The zero-order valence-corrected chi connectivity index (χ0v) is 14.1. The maximum absolute atomic E-state index is 12.7. The van der Waals surface area contributed by atoms with E-state index in [1.165, 1.54) is 0 Å². The number of hydrogen-bond acceptors (Lipinski definition) is 6. The average molecular weight is 407 g/mol. The molecule has 0 bridgehead atoms. The van der Waals surface area contributed by atoms with Gasteiger partial charge in [-0.05, 0) is 31.2 Å². The van der Waals surface area contributed by atoms with Gasteiger partial charge in [-0.15, -0.1) is 0 Å². The molecule has 0 fully saturated rings. The molecule has 0 saturated carbocycles. The number of hydrogen-bond donors (Lipinski definition) is 1. The van der Waals surface area contributed by atoms with Gasteiger partial charge >= 0.3 is 18.0 Å². The highest BCUT2D eigenvalue weighted by Gasteiger charge is 2.31. The Morgan fingerprint density at radius 2 is 1.96 bits per heavy atom. The molecule has 1 N–H and O–H groups in total. The average Bonchev–Trinajstić information content (AvgIpc) is 3.06. The van der Waals surface area contributed by atoms with E-state index in [2.05, 4.69) is 9.73 Å².